The molecule has 0 bridgehead atoms. The first-order chi connectivity index (χ1) is 8.06. The summed E-state index contributed by atoms with van der Waals surface area (Å²) in [6, 6.07) is 9.78. The van der Waals surface area contributed by atoms with Crippen LogP contribution < -0.4 is 10.5 Å². The number of nitrogen functional groups attached to an aromatic ring is 1. The fourth-order valence-electron chi connectivity index (χ4n) is 1.50. The minimum Gasteiger partial charge on any atom is -0.455 e. The standard InChI is InChI=1S/C14H14FNO/c1-9-3-5-12(7-10(9)2)17-14-8-11(15)4-6-13(14)16/h3-8H,16H2,1-2H3. The molecule has 17 heavy (non-hydrogen) atoms. The van der Waals surface area contributed by atoms with E-state index in [1.165, 1.54) is 23.8 Å². The predicted octanol–water partition coefficient (Wildman–Crippen LogP) is 3.82. The van der Waals surface area contributed by atoms with Crippen molar-refractivity contribution in [1.82, 2.24) is 0 Å². The van der Waals surface area contributed by atoms with Gasteiger partial charge < -0.3 is 10.5 Å². The molecule has 88 valence electrons. The summed E-state index contributed by atoms with van der Waals surface area (Å²) in [4.78, 5) is 0. The van der Waals surface area contributed by atoms with Gasteiger partial charge in [-0.1, -0.05) is 6.07 Å². The molecule has 2 nitrogen and oxygen atoms in total. The van der Waals surface area contributed by atoms with Crippen molar-refractivity contribution in [3.05, 3.63) is 53.3 Å². The molecule has 0 aliphatic carbocycles. The van der Waals surface area contributed by atoms with Crippen molar-refractivity contribution in [2.45, 2.75) is 13.8 Å². The Balaban J connectivity index is 2.31. The molecule has 2 rings (SSSR count). The van der Waals surface area contributed by atoms with Crippen LogP contribution in [0.15, 0.2) is 36.4 Å². The second kappa shape index (κ2) is 4.45. The van der Waals surface area contributed by atoms with Gasteiger partial charge in [0.05, 0.1) is 5.69 Å². The molecule has 0 heterocycles. The molecule has 0 aliphatic heterocycles. The first-order valence-electron chi connectivity index (χ1n) is 5.36. The summed E-state index contributed by atoms with van der Waals surface area (Å²) >= 11 is 0. The van der Waals surface area contributed by atoms with Gasteiger partial charge >= 0.3 is 0 Å². The molecule has 0 amide bonds. The molecular weight excluding hydrogens is 217 g/mol. The second-order valence-corrected chi connectivity index (χ2v) is 4.03. The Morgan fingerprint density at radius 2 is 1.76 bits per heavy atom. The molecule has 0 saturated carbocycles. The first-order valence-corrected chi connectivity index (χ1v) is 5.36. The summed E-state index contributed by atoms with van der Waals surface area (Å²) in [5, 5.41) is 0. The Morgan fingerprint density at radius 1 is 1.00 bits per heavy atom. The molecule has 2 aromatic carbocycles. The van der Waals surface area contributed by atoms with Crippen LogP contribution in [0, 0.1) is 19.7 Å². The van der Waals surface area contributed by atoms with E-state index < -0.39 is 0 Å². The smallest absolute Gasteiger partial charge is 0.153 e. The minimum absolute atomic E-state index is 0.341. The van der Waals surface area contributed by atoms with E-state index in [2.05, 4.69) is 0 Å². The Bertz CT molecular complexity index is 552. The van der Waals surface area contributed by atoms with E-state index in [0.29, 0.717) is 17.2 Å². The molecule has 2 N–H and O–H groups in total. The van der Waals surface area contributed by atoms with E-state index >= 15 is 0 Å². The van der Waals surface area contributed by atoms with Crippen LogP contribution in [0.4, 0.5) is 10.1 Å². The lowest BCUT2D eigenvalue weighted by atomic mass is 10.1. The quantitative estimate of drug-likeness (QED) is 0.797. The fraction of sp³-hybridized carbons (Fsp3) is 0.143. The highest BCUT2D eigenvalue weighted by atomic mass is 19.1. The maximum atomic E-state index is 13.1. The number of hydrogen-bond donors (Lipinski definition) is 1. The average Bonchev–Trinajstić information content (AvgIpc) is 2.29. The van der Waals surface area contributed by atoms with Gasteiger partial charge in [-0.2, -0.15) is 0 Å². The highest BCUT2D eigenvalue weighted by Gasteiger charge is 2.04. The molecule has 0 radical (unpaired) electrons. The normalized spacial score (nSPS) is 10.3. The van der Waals surface area contributed by atoms with E-state index in [-0.39, 0.29) is 5.82 Å². The van der Waals surface area contributed by atoms with E-state index in [9.17, 15) is 4.39 Å². The lowest BCUT2D eigenvalue weighted by molar-refractivity contribution is 0.478. The maximum Gasteiger partial charge on any atom is 0.153 e. The summed E-state index contributed by atoms with van der Waals surface area (Å²) in [6.07, 6.45) is 0. The number of nitrogens with two attached hydrogens (primary N) is 1. The zero-order valence-corrected chi connectivity index (χ0v) is 9.83. The van der Waals surface area contributed by atoms with Crippen molar-refractivity contribution in [3.63, 3.8) is 0 Å². The SMILES string of the molecule is Cc1ccc(Oc2cc(F)ccc2N)cc1C. The molecular formula is C14H14FNO. The molecule has 2 aromatic rings. The predicted molar refractivity (Wildman–Crippen MR) is 66.8 cm³/mol. The number of aryl methyl sites for hydroxylation is 2. The Kier molecular flexibility index (Phi) is 3.00. The highest BCUT2D eigenvalue weighted by Crippen LogP contribution is 2.29. The Hall–Kier alpha value is -2.03. The van der Waals surface area contributed by atoms with Gasteiger partial charge in [0.1, 0.15) is 11.6 Å². The van der Waals surface area contributed by atoms with Crippen LogP contribution in [-0.4, -0.2) is 0 Å². The van der Waals surface area contributed by atoms with Crippen LogP contribution in [-0.2, 0) is 0 Å². The van der Waals surface area contributed by atoms with Gasteiger partial charge in [0.25, 0.3) is 0 Å². The number of benzene rings is 2. The summed E-state index contributed by atoms with van der Waals surface area (Å²) in [6.45, 7) is 4.02. The lowest BCUT2D eigenvalue weighted by Crippen LogP contribution is -1.93. The minimum atomic E-state index is -0.363. The molecule has 0 saturated heterocycles. The van der Waals surface area contributed by atoms with Crippen LogP contribution >= 0.6 is 0 Å². The van der Waals surface area contributed by atoms with Crippen molar-refractivity contribution in [1.29, 1.82) is 0 Å². The van der Waals surface area contributed by atoms with E-state index in [0.717, 1.165) is 5.56 Å². The van der Waals surface area contributed by atoms with Crippen LogP contribution in [0.2, 0.25) is 0 Å². The lowest BCUT2D eigenvalue weighted by Gasteiger charge is -2.10. The zero-order valence-electron chi connectivity index (χ0n) is 9.83. The highest BCUT2D eigenvalue weighted by molar-refractivity contribution is 5.54. The Labute approximate surface area is 99.8 Å². The molecule has 3 heteroatoms. The van der Waals surface area contributed by atoms with Crippen LogP contribution in [0.25, 0.3) is 0 Å². The molecule has 0 spiro atoms. The molecule has 0 fully saturated rings. The average molecular weight is 231 g/mol. The van der Waals surface area contributed by atoms with Crippen LogP contribution in [0.3, 0.4) is 0 Å². The third kappa shape index (κ3) is 2.56. The summed E-state index contributed by atoms with van der Waals surface area (Å²) in [7, 11) is 0. The molecule has 0 aromatic heterocycles. The van der Waals surface area contributed by atoms with E-state index in [4.69, 9.17) is 10.5 Å². The third-order valence-corrected chi connectivity index (χ3v) is 2.68. The summed E-state index contributed by atoms with van der Waals surface area (Å²) in [5.74, 6) is 0.636. The van der Waals surface area contributed by atoms with Crippen LogP contribution in [0.5, 0.6) is 11.5 Å². The third-order valence-electron chi connectivity index (χ3n) is 2.68. The molecule has 0 atom stereocenters. The van der Waals surface area contributed by atoms with E-state index in [1.54, 1.807) is 0 Å². The van der Waals surface area contributed by atoms with Crippen molar-refractivity contribution < 1.29 is 9.13 Å². The maximum absolute atomic E-state index is 13.1. The molecule has 0 unspecified atom stereocenters. The first kappa shape index (κ1) is 11.5. The number of hydrogen-bond acceptors (Lipinski definition) is 2. The van der Waals surface area contributed by atoms with Gasteiger partial charge in [0.2, 0.25) is 0 Å². The van der Waals surface area contributed by atoms with Crippen molar-refractivity contribution >= 4 is 5.69 Å². The van der Waals surface area contributed by atoms with E-state index in [1.807, 2.05) is 32.0 Å². The summed E-state index contributed by atoms with van der Waals surface area (Å²) in [5.41, 5.74) is 8.44. The number of rotatable bonds is 2. The van der Waals surface area contributed by atoms with Crippen molar-refractivity contribution in [3.8, 4) is 11.5 Å². The molecule has 0 aliphatic rings. The van der Waals surface area contributed by atoms with Crippen molar-refractivity contribution in [2.75, 3.05) is 5.73 Å². The van der Waals surface area contributed by atoms with Gasteiger partial charge in [0, 0.05) is 6.07 Å². The largest absolute Gasteiger partial charge is 0.455 e. The Morgan fingerprint density at radius 3 is 2.47 bits per heavy atom. The van der Waals surface area contributed by atoms with Crippen LogP contribution in [0.1, 0.15) is 11.1 Å². The monoisotopic (exact) mass is 231 g/mol. The van der Waals surface area contributed by atoms with Gasteiger partial charge in [-0.05, 0) is 49.2 Å². The van der Waals surface area contributed by atoms with Crippen molar-refractivity contribution in [2.24, 2.45) is 0 Å². The number of halogens is 1. The van der Waals surface area contributed by atoms with Gasteiger partial charge in [-0.25, -0.2) is 4.39 Å². The zero-order chi connectivity index (χ0) is 12.4. The topological polar surface area (TPSA) is 35.2 Å². The second-order valence-electron chi connectivity index (χ2n) is 4.03. The fourth-order valence-corrected chi connectivity index (χ4v) is 1.50. The van der Waals surface area contributed by atoms with Gasteiger partial charge in [0.15, 0.2) is 5.75 Å². The van der Waals surface area contributed by atoms with Gasteiger partial charge in [-0.3, -0.25) is 0 Å². The summed E-state index contributed by atoms with van der Waals surface area (Å²) < 4.78 is 18.6. The van der Waals surface area contributed by atoms with Gasteiger partial charge in [-0.15, -0.1) is 0 Å². The number of anilines is 1. The number of ether oxygens (including phenoxy) is 1.